The molecule has 0 saturated heterocycles. The van der Waals surface area contributed by atoms with Crippen molar-refractivity contribution in [1.29, 1.82) is 0 Å². The molecule has 0 saturated carbocycles. The molecule has 2 rings (SSSR count). The van der Waals surface area contributed by atoms with Crippen LogP contribution in [0, 0.1) is 6.92 Å². The van der Waals surface area contributed by atoms with Crippen LogP contribution in [0.4, 0.5) is 0 Å². The topological polar surface area (TPSA) is 50.2 Å². The third-order valence-corrected chi connectivity index (χ3v) is 2.70. The number of nitrogens with zero attached hydrogens (tertiary/aromatic N) is 2. The van der Waals surface area contributed by atoms with Gasteiger partial charge in [0.05, 0.1) is 11.1 Å². The Morgan fingerprint density at radius 1 is 1.24 bits per heavy atom. The van der Waals surface area contributed by atoms with Crippen LogP contribution in [0.2, 0.25) is 0 Å². The van der Waals surface area contributed by atoms with E-state index in [1.165, 1.54) is 0 Å². The van der Waals surface area contributed by atoms with Crippen molar-refractivity contribution < 1.29 is 0 Å². The number of aromatic nitrogens is 3. The second-order valence-electron chi connectivity index (χ2n) is 2.85. The molecule has 0 radical (unpaired) electrons. The van der Waals surface area contributed by atoms with E-state index in [0.717, 1.165) is 16.8 Å². The number of fused-ring (bicyclic) bond motifs is 1. The van der Waals surface area contributed by atoms with E-state index in [4.69, 9.17) is 0 Å². The Hall–Kier alpha value is -1.15. The highest BCUT2D eigenvalue weighted by Crippen LogP contribution is 2.04. The van der Waals surface area contributed by atoms with E-state index in [1.54, 1.807) is 10.6 Å². The molecule has 0 aliphatic carbocycles. The first-order valence-corrected chi connectivity index (χ1v) is 7.48. The maximum Gasteiger partial charge on any atom is 0.251 e. The van der Waals surface area contributed by atoms with Gasteiger partial charge >= 0.3 is 0 Å². The average Bonchev–Trinajstić information content (AvgIpc) is 2.73. The number of aryl methyl sites for hydroxylation is 1. The molecule has 0 aliphatic heterocycles. The average molecular weight is 255 g/mol. The third-order valence-electron chi connectivity index (χ3n) is 1.83. The molecule has 4 nitrogen and oxygen atoms in total. The van der Waals surface area contributed by atoms with Gasteiger partial charge in [0.15, 0.2) is 0 Å². The molecule has 2 heterocycles. The maximum atomic E-state index is 11.2. The van der Waals surface area contributed by atoms with Crippen LogP contribution in [0.3, 0.4) is 0 Å². The molecule has 0 aromatic carbocycles. The molecule has 96 valence electrons. The van der Waals surface area contributed by atoms with Gasteiger partial charge in [-0.3, -0.25) is 4.79 Å². The van der Waals surface area contributed by atoms with Crippen LogP contribution in [0.1, 0.15) is 33.4 Å². The van der Waals surface area contributed by atoms with Gasteiger partial charge in [-0.1, -0.05) is 36.3 Å². The molecule has 0 fully saturated rings. The van der Waals surface area contributed by atoms with Crippen molar-refractivity contribution in [1.82, 2.24) is 14.6 Å². The molecule has 2 aromatic heterocycles. The molecular formula is C12H22N3OP. The fourth-order valence-corrected chi connectivity index (χ4v) is 1.96. The van der Waals surface area contributed by atoms with Crippen molar-refractivity contribution in [3.63, 3.8) is 0 Å². The molecule has 1 N–H and O–H groups in total. The monoisotopic (exact) mass is 255 g/mol. The molecule has 1 unspecified atom stereocenters. The number of hydrogen-bond donors (Lipinski definition) is 1. The summed E-state index contributed by atoms with van der Waals surface area (Å²) in [5.41, 5.74) is 2.60. The van der Waals surface area contributed by atoms with Crippen molar-refractivity contribution >= 4 is 19.7 Å². The molecule has 2 aromatic rings. The van der Waals surface area contributed by atoms with Gasteiger partial charge in [-0.05, 0) is 13.6 Å². The third kappa shape index (κ3) is 3.97. The Balaban J connectivity index is 0.000000581. The number of rotatable bonds is 1. The van der Waals surface area contributed by atoms with Crippen LogP contribution >= 0.6 is 8.58 Å². The highest BCUT2D eigenvalue weighted by Gasteiger charge is 2.02. The summed E-state index contributed by atoms with van der Waals surface area (Å²) < 4.78 is 1.79. The van der Waals surface area contributed by atoms with Crippen molar-refractivity contribution in [3.8, 4) is 0 Å². The Morgan fingerprint density at radius 2 is 1.82 bits per heavy atom. The smallest absolute Gasteiger partial charge is 0.251 e. The number of aromatic amines is 1. The largest absolute Gasteiger partial charge is 0.307 e. The van der Waals surface area contributed by atoms with E-state index in [0.29, 0.717) is 8.58 Å². The maximum absolute atomic E-state index is 11.2. The Labute approximate surface area is 104 Å². The standard InChI is InChI=1S/C8H10N3OP.2C2H6/c1-5-3-6-9-7(12)4-8(13-2)11(6)10-5;2*1-2/h3-4,13H,1-2H3,(H,9,12);2*1-2H3. The highest BCUT2D eigenvalue weighted by atomic mass is 31.1. The summed E-state index contributed by atoms with van der Waals surface area (Å²) in [6.45, 7) is 11.9. The molecule has 0 spiro atoms. The molecule has 5 heteroatoms. The van der Waals surface area contributed by atoms with Crippen LogP contribution in [0.25, 0.3) is 5.65 Å². The van der Waals surface area contributed by atoms with Crippen molar-refractivity contribution in [3.05, 3.63) is 28.2 Å². The fraction of sp³-hybridized carbons (Fsp3) is 0.500. The minimum atomic E-state index is -0.0586. The van der Waals surface area contributed by atoms with Gasteiger partial charge in [0.1, 0.15) is 5.65 Å². The first-order chi connectivity index (χ1) is 8.20. The Bertz CT molecular complexity index is 502. The van der Waals surface area contributed by atoms with Gasteiger partial charge in [0.2, 0.25) is 0 Å². The zero-order chi connectivity index (χ0) is 13.4. The lowest BCUT2D eigenvalue weighted by atomic mass is 10.5. The van der Waals surface area contributed by atoms with Crippen molar-refractivity contribution in [2.45, 2.75) is 34.6 Å². The van der Waals surface area contributed by atoms with E-state index in [2.05, 4.69) is 10.1 Å². The van der Waals surface area contributed by atoms with Gasteiger partial charge < -0.3 is 4.98 Å². The summed E-state index contributed by atoms with van der Waals surface area (Å²) in [6, 6.07) is 3.46. The molecule has 1 atom stereocenters. The molecular weight excluding hydrogens is 233 g/mol. The fourth-order valence-electron chi connectivity index (χ4n) is 1.30. The lowest BCUT2D eigenvalue weighted by molar-refractivity contribution is 0.938. The van der Waals surface area contributed by atoms with Crippen LogP contribution in [0.15, 0.2) is 16.9 Å². The lowest BCUT2D eigenvalue weighted by Crippen LogP contribution is -2.19. The number of H-pyrrole nitrogens is 1. The normalized spacial score (nSPS) is 9.76. The van der Waals surface area contributed by atoms with Crippen LogP contribution in [-0.4, -0.2) is 21.3 Å². The van der Waals surface area contributed by atoms with Gasteiger partial charge in [-0.25, -0.2) is 4.52 Å². The first kappa shape index (κ1) is 15.9. The molecule has 0 bridgehead atoms. The summed E-state index contributed by atoms with van der Waals surface area (Å²) in [4.78, 5) is 13.9. The van der Waals surface area contributed by atoms with Gasteiger partial charge in [-0.2, -0.15) is 5.10 Å². The summed E-state index contributed by atoms with van der Waals surface area (Å²) in [7, 11) is 0.574. The zero-order valence-corrected chi connectivity index (χ0v) is 12.5. The highest BCUT2D eigenvalue weighted by molar-refractivity contribution is 7.46. The number of hydrogen-bond acceptors (Lipinski definition) is 2. The summed E-state index contributed by atoms with van der Waals surface area (Å²) in [5.74, 6) is 0. The van der Waals surface area contributed by atoms with Crippen LogP contribution in [-0.2, 0) is 0 Å². The second kappa shape index (κ2) is 8.02. The zero-order valence-electron chi connectivity index (χ0n) is 11.5. The predicted octanol–water partition coefficient (Wildman–Crippen LogP) is 2.32. The van der Waals surface area contributed by atoms with Gasteiger partial charge in [-0.15, -0.1) is 0 Å². The van der Waals surface area contributed by atoms with E-state index in [9.17, 15) is 4.79 Å². The SMILES string of the molecule is CC.CC.CPc1cc(=O)[nH]c2cc(C)nn12. The summed E-state index contributed by atoms with van der Waals surface area (Å²) in [5, 5.41) is 4.28. The minimum Gasteiger partial charge on any atom is -0.307 e. The Morgan fingerprint density at radius 3 is 2.35 bits per heavy atom. The van der Waals surface area contributed by atoms with E-state index in [-0.39, 0.29) is 5.56 Å². The Kier molecular flexibility index (Phi) is 7.47. The quantitative estimate of drug-likeness (QED) is 0.795. The van der Waals surface area contributed by atoms with Crippen molar-refractivity contribution in [2.24, 2.45) is 0 Å². The number of nitrogens with one attached hydrogen (secondary N) is 1. The predicted molar refractivity (Wildman–Crippen MR) is 77.1 cm³/mol. The van der Waals surface area contributed by atoms with Crippen LogP contribution in [0.5, 0.6) is 0 Å². The summed E-state index contributed by atoms with van der Waals surface area (Å²) in [6.07, 6.45) is 0. The van der Waals surface area contributed by atoms with E-state index < -0.39 is 0 Å². The van der Waals surface area contributed by atoms with Gasteiger partial charge in [0, 0.05) is 12.1 Å². The molecule has 17 heavy (non-hydrogen) atoms. The summed E-state index contributed by atoms with van der Waals surface area (Å²) >= 11 is 0. The van der Waals surface area contributed by atoms with E-state index in [1.807, 2.05) is 47.3 Å². The van der Waals surface area contributed by atoms with E-state index >= 15 is 0 Å². The van der Waals surface area contributed by atoms with Crippen LogP contribution < -0.4 is 11.0 Å². The molecule has 0 amide bonds. The van der Waals surface area contributed by atoms with Gasteiger partial charge in [0.25, 0.3) is 5.56 Å². The minimum absolute atomic E-state index is 0.0586. The second-order valence-corrected chi connectivity index (χ2v) is 3.86. The molecule has 0 aliphatic rings. The van der Waals surface area contributed by atoms with Crippen molar-refractivity contribution in [2.75, 3.05) is 6.66 Å². The lowest BCUT2D eigenvalue weighted by Gasteiger charge is -1.99. The first-order valence-electron chi connectivity index (χ1n) is 5.98.